The molecule has 0 saturated heterocycles. The summed E-state index contributed by atoms with van der Waals surface area (Å²) in [5, 5.41) is 2.55. The van der Waals surface area contributed by atoms with Crippen LogP contribution in [0.15, 0.2) is 0 Å². The van der Waals surface area contributed by atoms with Gasteiger partial charge in [0.2, 0.25) is 5.91 Å². The van der Waals surface area contributed by atoms with Gasteiger partial charge in [-0.2, -0.15) is 8.78 Å². The smallest absolute Gasteiger partial charge is 0.311 e. The lowest BCUT2D eigenvalue weighted by molar-refractivity contribution is -0.124. The zero-order chi connectivity index (χ0) is 12.0. The molecule has 0 fully saturated rings. The highest BCUT2D eigenvalue weighted by Gasteiger charge is 2.38. The van der Waals surface area contributed by atoms with Crippen LogP contribution in [-0.2, 0) is 4.79 Å². The fourth-order valence-corrected chi connectivity index (χ4v) is 1.79. The van der Waals surface area contributed by atoms with Crippen molar-refractivity contribution < 1.29 is 13.6 Å². The molecule has 0 aromatic rings. The lowest BCUT2D eigenvalue weighted by atomic mass is 9.89. The second-order valence-electron chi connectivity index (χ2n) is 4.03. The van der Waals surface area contributed by atoms with E-state index in [1.165, 1.54) is 0 Å². The van der Waals surface area contributed by atoms with E-state index in [1.54, 1.807) is 6.92 Å². The Bertz CT molecular complexity index is 304. The zero-order valence-corrected chi connectivity index (χ0v) is 9.48. The molecule has 1 rings (SSSR count). The number of halogens is 2. The highest BCUT2D eigenvalue weighted by atomic mass is 19.3. The standard InChI is InChI=1S/C12H17F2NO/c1-2-15-11(16)9-10-7-5-3-4-6-8-12(10,13)14/h10H,2-5,7,9H2,1H3,(H,15,16). The van der Waals surface area contributed by atoms with Gasteiger partial charge in [-0.05, 0) is 25.7 Å². The maximum absolute atomic E-state index is 13.6. The van der Waals surface area contributed by atoms with Gasteiger partial charge < -0.3 is 5.32 Å². The molecule has 0 aromatic carbocycles. The summed E-state index contributed by atoms with van der Waals surface area (Å²) in [5.41, 5.74) is 0. The summed E-state index contributed by atoms with van der Waals surface area (Å²) in [5.74, 6) is 0.205. The second-order valence-corrected chi connectivity index (χ2v) is 4.03. The maximum atomic E-state index is 13.6. The van der Waals surface area contributed by atoms with Gasteiger partial charge in [0.05, 0.1) is 0 Å². The van der Waals surface area contributed by atoms with Crippen molar-refractivity contribution in [2.45, 2.75) is 45.0 Å². The Labute approximate surface area is 94.8 Å². The Morgan fingerprint density at radius 2 is 2.25 bits per heavy atom. The molecule has 0 heterocycles. The number of amides is 1. The van der Waals surface area contributed by atoms with Crippen LogP contribution >= 0.6 is 0 Å². The van der Waals surface area contributed by atoms with E-state index in [2.05, 4.69) is 11.2 Å². The first kappa shape index (κ1) is 13.0. The molecule has 1 N–H and O–H groups in total. The first-order chi connectivity index (χ1) is 7.56. The number of nitrogens with one attached hydrogen (secondary N) is 1. The fraction of sp³-hybridized carbons (Fsp3) is 0.750. The lowest BCUT2D eigenvalue weighted by Gasteiger charge is -2.23. The number of carbonyl (C=O) groups excluding carboxylic acids is 1. The van der Waals surface area contributed by atoms with Crippen molar-refractivity contribution in [2.75, 3.05) is 6.54 Å². The van der Waals surface area contributed by atoms with Crippen LogP contribution in [0.4, 0.5) is 8.78 Å². The quantitative estimate of drug-likeness (QED) is 0.739. The third-order valence-corrected chi connectivity index (χ3v) is 2.68. The minimum absolute atomic E-state index is 0.129. The van der Waals surface area contributed by atoms with Crippen LogP contribution in [0.1, 0.15) is 39.0 Å². The minimum Gasteiger partial charge on any atom is -0.356 e. The van der Waals surface area contributed by atoms with Crippen molar-refractivity contribution in [3.8, 4) is 11.8 Å². The van der Waals surface area contributed by atoms with Crippen LogP contribution < -0.4 is 5.32 Å². The van der Waals surface area contributed by atoms with Crippen LogP contribution in [0.25, 0.3) is 0 Å². The molecule has 0 saturated carbocycles. The minimum atomic E-state index is -3.02. The molecule has 1 aliphatic carbocycles. The summed E-state index contributed by atoms with van der Waals surface area (Å²) in [7, 11) is 0. The number of rotatable bonds is 3. The lowest BCUT2D eigenvalue weighted by Crippen LogP contribution is -2.33. The van der Waals surface area contributed by atoms with Gasteiger partial charge in [0.1, 0.15) is 0 Å². The second kappa shape index (κ2) is 5.83. The van der Waals surface area contributed by atoms with Gasteiger partial charge in [0.25, 0.3) is 0 Å². The summed E-state index contributed by atoms with van der Waals surface area (Å²) in [6.07, 6.45) is 2.33. The first-order valence-corrected chi connectivity index (χ1v) is 5.71. The van der Waals surface area contributed by atoms with Crippen LogP contribution in [0.3, 0.4) is 0 Å². The third kappa shape index (κ3) is 3.80. The third-order valence-electron chi connectivity index (χ3n) is 2.68. The maximum Gasteiger partial charge on any atom is 0.311 e. The normalized spacial score (nSPS) is 23.6. The Balaban J connectivity index is 2.65. The predicted octanol–water partition coefficient (Wildman–Crippen LogP) is 2.34. The molecule has 1 amide bonds. The monoisotopic (exact) mass is 229 g/mol. The van der Waals surface area contributed by atoms with Crippen molar-refractivity contribution in [3.05, 3.63) is 0 Å². The molecule has 0 radical (unpaired) electrons. The van der Waals surface area contributed by atoms with E-state index in [0.717, 1.165) is 6.42 Å². The number of hydrogen-bond donors (Lipinski definition) is 1. The Hall–Kier alpha value is -1.11. The van der Waals surface area contributed by atoms with Gasteiger partial charge in [-0.25, -0.2) is 0 Å². The van der Waals surface area contributed by atoms with E-state index in [1.807, 2.05) is 5.92 Å². The van der Waals surface area contributed by atoms with Crippen LogP contribution in [-0.4, -0.2) is 18.4 Å². The van der Waals surface area contributed by atoms with E-state index in [-0.39, 0.29) is 12.3 Å². The van der Waals surface area contributed by atoms with Crippen molar-refractivity contribution in [3.63, 3.8) is 0 Å². The fourth-order valence-electron chi connectivity index (χ4n) is 1.79. The molecule has 16 heavy (non-hydrogen) atoms. The van der Waals surface area contributed by atoms with Crippen LogP contribution in [0.2, 0.25) is 0 Å². The van der Waals surface area contributed by atoms with E-state index in [9.17, 15) is 13.6 Å². The van der Waals surface area contributed by atoms with E-state index >= 15 is 0 Å². The summed E-state index contributed by atoms with van der Waals surface area (Å²) in [6.45, 7) is 2.25. The molecular formula is C12H17F2NO. The topological polar surface area (TPSA) is 29.1 Å². The zero-order valence-electron chi connectivity index (χ0n) is 9.48. The number of carbonyl (C=O) groups is 1. The Morgan fingerprint density at radius 3 is 2.94 bits per heavy atom. The van der Waals surface area contributed by atoms with Crippen molar-refractivity contribution in [2.24, 2.45) is 5.92 Å². The molecule has 1 aliphatic rings. The Morgan fingerprint density at radius 1 is 1.50 bits per heavy atom. The summed E-state index contributed by atoms with van der Waals surface area (Å²) in [4.78, 5) is 11.3. The molecular weight excluding hydrogens is 212 g/mol. The SMILES string of the molecule is CCNC(=O)CC1CCCCC#CC1(F)F. The summed E-state index contributed by atoms with van der Waals surface area (Å²) >= 11 is 0. The van der Waals surface area contributed by atoms with Gasteiger partial charge in [0.15, 0.2) is 0 Å². The van der Waals surface area contributed by atoms with Gasteiger partial charge in [-0.1, -0.05) is 12.3 Å². The van der Waals surface area contributed by atoms with Gasteiger partial charge >= 0.3 is 5.92 Å². The molecule has 1 unspecified atom stereocenters. The molecule has 0 aromatic heterocycles. The molecule has 0 bridgehead atoms. The summed E-state index contributed by atoms with van der Waals surface area (Å²) in [6, 6.07) is 0. The molecule has 0 spiro atoms. The number of hydrogen-bond acceptors (Lipinski definition) is 1. The Kier molecular flexibility index (Phi) is 4.72. The molecule has 4 heteroatoms. The molecule has 0 aliphatic heterocycles. The average Bonchev–Trinajstić information content (AvgIpc) is 2.19. The van der Waals surface area contributed by atoms with Gasteiger partial charge in [-0.15, -0.1) is 0 Å². The van der Waals surface area contributed by atoms with Gasteiger partial charge in [-0.3, -0.25) is 4.79 Å². The largest absolute Gasteiger partial charge is 0.356 e. The highest BCUT2D eigenvalue weighted by molar-refractivity contribution is 5.76. The van der Waals surface area contributed by atoms with E-state index in [0.29, 0.717) is 25.8 Å². The van der Waals surface area contributed by atoms with Crippen molar-refractivity contribution >= 4 is 5.91 Å². The molecule has 90 valence electrons. The van der Waals surface area contributed by atoms with E-state index < -0.39 is 11.8 Å². The molecule has 2 nitrogen and oxygen atoms in total. The van der Waals surface area contributed by atoms with E-state index in [4.69, 9.17) is 0 Å². The first-order valence-electron chi connectivity index (χ1n) is 5.71. The molecule has 1 atom stereocenters. The van der Waals surface area contributed by atoms with Gasteiger partial charge in [0, 0.05) is 25.3 Å². The van der Waals surface area contributed by atoms with Crippen molar-refractivity contribution in [1.29, 1.82) is 0 Å². The van der Waals surface area contributed by atoms with Crippen molar-refractivity contribution in [1.82, 2.24) is 5.32 Å². The predicted molar refractivity (Wildman–Crippen MR) is 58.0 cm³/mol. The summed E-state index contributed by atoms with van der Waals surface area (Å²) < 4.78 is 27.1. The average molecular weight is 229 g/mol. The number of alkyl halides is 2. The van der Waals surface area contributed by atoms with Crippen LogP contribution in [0.5, 0.6) is 0 Å². The highest BCUT2D eigenvalue weighted by Crippen LogP contribution is 2.32. The van der Waals surface area contributed by atoms with Crippen LogP contribution in [0, 0.1) is 17.8 Å².